The van der Waals surface area contributed by atoms with Crippen LogP contribution in [-0.2, 0) is 16.6 Å². The largest absolute Gasteiger partial charge is 0.383 e. The van der Waals surface area contributed by atoms with Crippen molar-refractivity contribution in [3.63, 3.8) is 0 Å². The zero-order valence-corrected chi connectivity index (χ0v) is 20.0. The Hall–Kier alpha value is -2.92. The quantitative estimate of drug-likeness (QED) is 0.621. The summed E-state index contributed by atoms with van der Waals surface area (Å²) in [5, 5.41) is 0. The van der Waals surface area contributed by atoms with Crippen molar-refractivity contribution in [2.24, 2.45) is 5.92 Å². The first kappa shape index (κ1) is 24.7. The summed E-state index contributed by atoms with van der Waals surface area (Å²) in [4.78, 5) is 41.0. The molecule has 0 aliphatic carbocycles. The molecule has 11 heteroatoms. The maximum atomic E-state index is 13.0. The summed E-state index contributed by atoms with van der Waals surface area (Å²) in [6, 6.07) is 5.61. The second kappa shape index (κ2) is 9.92. The number of nitrogens with two attached hydrogens (primary N) is 1. The third kappa shape index (κ3) is 5.03. The minimum atomic E-state index is -3.64. The van der Waals surface area contributed by atoms with Crippen molar-refractivity contribution < 1.29 is 13.2 Å². The average molecular weight is 478 g/mol. The predicted octanol–water partition coefficient (Wildman–Crippen LogP) is 1.62. The van der Waals surface area contributed by atoms with E-state index in [0.29, 0.717) is 32.0 Å². The molecule has 3 N–H and O–H groups in total. The molecule has 1 fully saturated rings. The van der Waals surface area contributed by atoms with Crippen molar-refractivity contribution in [2.45, 2.75) is 51.0 Å². The van der Waals surface area contributed by atoms with E-state index in [9.17, 15) is 22.8 Å². The van der Waals surface area contributed by atoms with Crippen molar-refractivity contribution in [3.05, 3.63) is 50.7 Å². The predicted molar refractivity (Wildman–Crippen MR) is 127 cm³/mol. The van der Waals surface area contributed by atoms with Gasteiger partial charge in [-0.2, -0.15) is 4.31 Å². The van der Waals surface area contributed by atoms with Crippen molar-refractivity contribution in [3.8, 4) is 0 Å². The van der Waals surface area contributed by atoms with E-state index in [1.54, 1.807) is 0 Å². The molecular formula is C22H31N5O5S. The van der Waals surface area contributed by atoms with Crippen LogP contribution in [0.3, 0.4) is 0 Å². The van der Waals surface area contributed by atoms with Gasteiger partial charge in [0.25, 0.3) is 11.5 Å². The van der Waals surface area contributed by atoms with Crippen LogP contribution >= 0.6 is 0 Å². The van der Waals surface area contributed by atoms with E-state index in [2.05, 4.69) is 11.9 Å². The van der Waals surface area contributed by atoms with Gasteiger partial charge in [0.05, 0.1) is 4.90 Å². The summed E-state index contributed by atoms with van der Waals surface area (Å²) >= 11 is 0. The fourth-order valence-electron chi connectivity index (χ4n) is 3.88. The van der Waals surface area contributed by atoms with E-state index in [0.717, 1.165) is 24.2 Å². The van der Waals surface area contributed by atoms with Gasteiger partial charge in [-0.1, -0.05) is 20.3 Å². The van der Waals surface area contributed by atoms with Crippen molar-refractivity contribution in [2.75, 3.05) is 30.8 Å². The lowest BCUT2D eigenvalue weighted by Gasteiger charge is -2.29. The van der Waals surface area contributed by atoms with Crippen molar-refractivity contribution in [1.29, 1.82) is 0 Å². The second-order valence-corrected chi connectivity index (χ2v) is 10.4. The van der Waals surface area contributed by atoms with Gasteiger partial charge >= 0.3 is 5.69 Å². The van der Waals surface area contributed by atoms with Crippen LogP contribution in [0.2, 0.25) is 0 Å². The number of unbranched alkanes of at least 4 members (excludes halogenated alkanes) is 1. The van der Waals surface area contributed by atoms with Crippen LogP contribution in [0.5, 0.6) is 0 Å². The number of carbonyl (C=O) groups is 1. The van der Waals surface area contributed by atoms with Gasteiger partial charge in [0.1, 0.15) is 5.82 Å². The Bertz CT molecular complexity index is 1230. The molecule has 1 aliphatic rings. The molecule has 0 radical (unpaired) electrons. The lowest BCUT2D eigenvalue weighted by atomic mass is 10.0. The summed E-state index contributed by atoms with van der Waals surface area (Å²) in [6.45, 7) is 5.33. The highest BCUT2D eigenvalue weighted by molar-refractivity contribution is 7.89. The Balaban J connectivity index is 1.86. The summed E-state index contributed by atoms with van der Waals surface area (Å²) in [6.07, 6.45) is 3.13. The monoisotopic (exact) mass is 477 g/mol. The Labute approximate surface area is 193 Å². The molecule has 1 saturated heterocycles. The number of hydrogen-bond donors (Lipinski definition) is 2. The van der Waals surface area contributed by atoms with Gasteiger partial charge in [0.15, 0.2) is 5.69 Å². The fraction of sp³-hybridized carbons (Fsp3) is 0.500. The minimum Gasteiger partial charge on any atom is -0.383 e. The number of aromatic amines is 1. The average Bonchev–Trinajstić information content (AvgIpc) is 2.78. The molecule has 33 heavy (non-hydrogen) atoms. The SMILES string of the molecule is CCCCn1c(N)c(N(C)C(=O)c2ccc(S(=O)(=O)N3CCC(C)CC3)cc2)c(=O)[nH]c1=O. The lowest BCUT2D eigenvalue weighted by Crippen LogP contribution is -2.39. The van der Waals surface area contributed by atoms with Crippen molar-refractivity contribution >= 4 is 27.4 Å². The molecule has 180 valence electrons. The van der Waals surface area contributed by atoms with Crippen molar-refractivity contribution in [1.82, 2.24) is 13.9 Å². The molecule has 1 aliphatic heterocycles. The van der Waals surface area contributed by atoms with E-state index < -0.39 is 27.2 Å². The molecule has 10 nitrogen and oxygen atoms in total. The first-order valence-corrected chi connectivity index (χ1v) is 12.5. The number of anilines is 2. The number of nitrogens with one attached hydrogen (secondary N) is 1. The van der Waals surface area contributed by atoms with Crippen LogP contribution in [0.4, 0.5) is 11.5 Å². The fourth-order valence-corrected chi connectivity index (χ4v) is 5.35. The molecule has 2 heterocycles. The molecule has 1 aromatic carbocycles. The summed E-state index contributed by atoms with van der Waals surface area (Å²) < 4.78 is 28.5. The van der Waals surface area contributed by atoms with Gasteiger partial charge in [0.2, 0.25) is 10.0 Å². The van der Waals surface area contributed by atoms with Crippen LogP contribution in [0.15, 0.2) is 38.8 Å². The third-order valence-corrected chi connectivity index (χ3v) is 7.98. The molecule has 0 bridgehead atoms. The number of benzene rings is 1. The van der Waals surface area contributed by atoms with Gasteiger partial charge in [0, 0.05) is 32.2 Å². The van der Waals surface area contributed by atoms with E-state index in [1.165, 1.54) is 40.2 Å². The Morgan fingerprint density at radius 1 is 1.18 bits per heavy atom. The third-order valence-electron chi connectivity index (χ3n) is 6.07. The number of sulfonamides is 1. The van der Waals surface area contributed by atoms with Crippen LogP contribution < -0.4 is 21.9 Å². The Kier molecular flexibility index (Phi) is 7.43. The zero-order chi connectivity index (χ0) is 24.3. The highest BCUT2D eigenvalue weighted by Crippen LogP contribution is 2.24. The number of piperidine rings is 1. The number of H-pyrrole nitrogens is 1. The molecule has 3 rings (SSSR count). The van der Waals surface area contributed by atoms with E-state index >= 15 is 0 Å². The van der Waals surface area contributed by atoms with Gasteiger partial charge < -0.3 is 10.6 Å². The van der Waals surface area contributed by atoms with Crippen LogP contribution in [-0.4, -0.2) is 48.3 Å². The lowest BCUT2D eigenvalue weighted by molar-refractivity contribution is 0.0992. The number of hydrogen-bond acceptors (Lipinski definition) is 6. The zero-order valence-electron chi connectivity index (χ0n) is 19.2. The summed E-state index contributed by atoms with van der Waals surface area (Å²) in [5.41, 5.74) is 4.75. The molecule has 2 aromatic rings. The van der Waals surface area contributed by atoms with Crippen LogP contribution in [0.25, 0.3) is 0 Å². The van der Waals surface area contributed by atoms with E-state index in [-0.39, 0.29) is 22.0 Å². The first-order valence-electron chi connectivity index (χ1n) is 11.1. The number of nitrogen functional groups attached to an aromatic ring is 1. The van der Waals surface area contributed by atoms with Crippen LogP contribution in [0, 0.1) is 5.92 Å². The number of rotatable bonds is 7. The molecular weight excluding hydrogens is 446 g/mol. The number of carbonyl (C=O) groups excluding carboxylic acids is 1. The molecule has 0 unspecified atom stereocenters. The second-order valence-electron chi connectivity index (χ2n) is 8.47. The number of nitrogens with zero attached hydrogens (tertiary/aromatic N) is 3. The highest BCUT2D eigenvalue weighted by atomic mass is 32.2. The number of amides is 1. The summed E-state index contributed by atoms with van der Waals surface area (Å²) in [7, 11) is -2.25. The normalized spacial score (nSPS) is 15.5. The van der Waals surface area contributed by atoms with Crippen LogP contribution in [0.1, 0.15) is 49.9 Å². The summed E-state index contributed by atoms with van der Waals surface area (Å²) in [5.74, 6) is -0.144. The Morgan fingerprint density at radius 2 is 1.79 bits per heavy atom. The van der Waals surface area contributed by atoms with E-state index in [1.807, 2.05) is 6.92 Å². The van der Waals surface area contributed by atoms with Gasteiger partial charge in [-0.25, -0.2) is 13.2 Å². The molecule has 1 amide bonds. The Morgan fingerprint density at radius 3 is 2.36 bits per heavy atom. The molecule has 0 atom stereocenters. The maximum Gasteiger partial charge on any atom is 0.330 e. The first-order chi connectivity index (χ1) is 15.6. The number of aromatic nitrogens is 2. The van der Waals surface area contributed by atoms with Gasteiger partial charge in [-0.3, -0.25) is 19.1 Å². The molecule has 1 aromatic heterocycles. The molecule has 0 spiro atoms. The maximum absolute atomic E-state index is 13.0. The topological polar surface area (TPSA) is 139 Å². The standard InChI is InChI=1S/C22H31N5O5S/c1-4-5-12-27-19(23)18(20(28)24-22(27)30)25(3)21(29)16-6-8-17(9-7-16)33(31,32)26-13-10-15(2)11-14-26/h6-9,15H,4-5,10-14,23H2,1-3H3,(H,24,28,30). The molecule has 0 saturated carbocycles. The van der Waals surface area contributed by atoms with E-state index in [4.69, 9.17) is 5.73 Å². The highest BCUT2D eigenvalue weighted by Gasteiger charge is 2.28. The van der Waals surface area contributed by atoms with Gasteiger partial charge in [-0.15, -0.1) is 0 Å². The minimum absolute atomic E-state index is 0.0911. The van der Waals surface area contributed by atoms with Gasteiger partial charge in [-0.05, 0) is 49.4 Å². The smallest absolute Gasteiger partial charge is 0.330 e.